The number of carbonyl (C=O) groups excluding carboxylic acids is 1. The van der Waals surface area contributed by atoms with Gasteiger partial charge in [-0.2, -0.15) is 0 Å². The van der Waals surface area contributed by atoms with Gasteiger partial charge in [0.2, 0.25) is 0 Å². The normalized spacial score (nSPS) is 11.0. The lowest BCUT2D eigenvalue weighted by atomic mass is 10.2. The summed E-state index contributed by atoms with van der Waals surface area (Å²) >= 11 is 6.19. The molecular weight excluding hydrogens is 402 g/mol. The summed E-state index contributed by atoms with van der Waals surface area (Å²) in [4.78, 5) is 12.0. The van der Waals surface area contributed by atoms with E-state index in [0.29, 0.717) is 18.0 Å². The summed E-state index contributed by atoms with van der Waals surface area (Å²) in [5, 5.41) is 0.104. The molecule has 8 heteroatoms. The molecule has 0 heterocycles. The smallest absolute Gasteiger partial charge is 0.339 e. The molecule has 0 aliphatic carbocycles. The molecule has 0 aliphatic rings. The molecule has 0 amide bonds. The van der Waals surface area contributed by atoms with E-state index in [1.807, 2.05) is 6.92 Å². The maximum atomic E-state index is 13.1. The second-order valence-corrected chi connectivity index (χ2v) is 7.88. The van der Waals surface area contributed by atoms with Gasteiger partial charge in [0.15, 0.2) is 0 Å². The molecule has 2 aromatic rings. The van der Waals surface area contributed by atoms with Gasteiger partial charge in [0.05, 0.1) is 40.9 Å². The number of rotatable bonds is 9. The standard InChI is InChI=1S/C20H22ClNO5S/c1-4-13-22(15-7-12-18(19(21)14-15)20(23)27-6-3)28(24,25)17-10-8-16(9-11-17)26-5-2/h4,7-12,14H,1,5-6,13H2,2-3H3. The third-order valence-electron chi connectivity index (χ3n) is 3.75. The monoisotopic (exact) mass is 423 g/mol. The Morgan fingerprint density at radius 2 is 1.82 bits per heavy atom. The molecule has 6 nitrogen and oxygen atoms in total. The minimum atomic E-state index is -3.88. The predicted octanol–water partition coefficient (Wildman–Crippen LogP) is 4.30. The van der Waals surface area contributed by atoms with Crippen molar-refractivity contribution < 1.29 is 22.7 Å². The molecule has 0 spiro atoms. The Morgan fingerprint density at radius 1 is 1.14 bits per heavy atom. The van der Waals surface area contributed by atoms with E-state index in [1.165, 1.54) is 36.4 Å². The molecule has 0 fully saturated rings. The van der Waals surface area contributed by atoms with Crippen molar-refractivity contribution in [3.63, 3.8) is 0 Å². The van der Waals surface area contributed by atoms with Crippen LogP contribution in [0, 0.1) is 0 Å². The van der Waals surface area contributed by atoms with E-state index in [0.717, 1.165) is 4.31 Å². The molecule has 0 N–H and O–H groups in total. The first kappa shape index (κ1) is 21.8. The van der Waals surface area contributed by atoms with E-state index in [4.69, 9.17) is 21.1 Å². The second-order valence-electron chi connectivity index (χ2n) is 5.61. The topological polar surface area (TPSA) is 72.9 Å². The molecular formula is C20H22ClNO5S. The summed E-state index contributed by atoms with van der Waals surface area (Å²) in [6.07, 6.45) is 1.47. The summed E-state index contributed by atoms with van der Waals surface area (Å²) in [6, 6.07) is 10.5. The van der Waals surface area contributed by atoms with Gasteiger partial charge in [-0.1, -0.05) is 17.7 Å². The molecule has 0 radical (unpaired) electrons. The molecule has 0 saturated heterocycles. The number of sulfonamides is 1. The lowest BCUT2D eigenvalue weighted by Crippen LogP contribution is -2.31. The fourth-order valence-corrected chi connectivity index (χ4v) is 4.17. The molecule has 0 aromatic heterocycles. The molecule has 0 saturated carbocycles. The van der Waals surface area contributed by atoms with Crippen LogP contribution in [0.5, 0.6) is 5.75 Å². The molecule has 0 atom stereocenters. The Hall–Kier alpha value is -2.51. The maximum absolute atomic E-state index is 13.1. The van der Waals surface area contributed by atoms with Crippen LogP contribution in [0.3, 0.4) is 0 Å². The van der Waals surface area contributed by atoms with E-state index in [-0.39, 0.29) is 28.6 Å². The van der Waals surface area contributed by atoms with Crippen LogP contribution in [0.1, 0.15) is 24.2 Å². The molecule has 2 aromatic carbocycles. The van der Waals surface area contributed by atoms with Crippen LogP contribution in [-0.2, 0) is 14.8 Å². The number of ether oxygens (including phenoxy) is 2. The zero-order valence-electron chi connectivity index (χ0n) is 15.7. The first-order valence-corrected chi connectivity index (χ1v) is 10.5. The minimum Gasteiger partial charge on any atom is -0.494 e. The lowest BCUT2D eigenvalue weighted by Gasteiger charge is -2.24. The van der Waals surface area contributed by atoms with Crippen molar-refractivity contribution in [3.05, 3.63) is 65.7 Å². The highest BCUT2D eigenvalue weighted by Gasteiger charge is 2.25. The van der Waals surface area contributed by atoms with Gasteiger partial charge in [-0.3, -0.25) is 4.31 Å². The summed E-state index contributed by atoms with van der Waals surface area (Å²) < 4.78 is 37.7. The summed E-state index contributed by atoms with van der Waals surface area (Å²) in [6.45, 7) is 7.90. The predicted molar refractivity (Wildman–Crippen MR) is 110 cm³/mol. The third-order valence-corrected chi connectivity index (χ3v) is 5.87. The molecule has 28 heavy (non-hydrogen) atoms. The van der Waals surface area contributed by atoms with E-state index < -0.39 is 16.0 Å². The number of esters is 1. The number of anilines is 1. The third kappa shape index (κ3) is 4.85. The van der Waals surface area contributed by atoms with E-state index >= 15 is 0 Å². The van der Waals surface area contributed by atoms with Gasteiger partial charge in [-0.15, -0.1) is 6.58 Å². The number of halogens is 1. The molecule has 0 bridgehead atoms. The van der Waals surface area contributed by atoms with Crippen LogP contribution < -0.4 is 9.04 Å². The van der Waals surface area contributed by atoms with Crippen molar-refractivity contribution >= 4 is 33.3 Å². The van der Waals surface area contributed by atoms with E-state index in [2.05, 4.69) is 6.58 Å². The van der Waals surface area contributed by atoms with Gasteiger partial charge in [-0.25, -0.2) is 13.2 Å². The lowest BCUT2D eigenvalue weighted by molar-refractivity contribution is 0.0526. The largest absolute Gasteiger partial charge is 0.494 e. The van der Waals surface area contributed by atoms with Crippen molar-refractivity contribution in [3.8, 4) is 5.75 Å². The van der Waals surface area contributed by atoms with Crippen LogP contribution in [0.25, 0.3) is 0 Å². The second kappa shape index (κ2) is 9.61. The Bertz CT molecular complexity index is 942. The Labute approximate surface area is 170 Å². The molecule has 0 unspecified atom stereocenters. The van der Waals surface area contributed by atoms with Crippen molar-refractivity contribution in [2.45, 2.75) is 18.7 Å². The van der Waals surface area contributed by atoms with Crippen molar-refractivity contribution in [1.82, 2.24) is 0 Å². The van der Waals surface area contributed by atoms with Gasteiger partial charge in [0, 0.05) is 0 Å². The minimum absolute atomic E-state index is 0.0324. The van der Waals surface area contributed by atoms with Gasteiger partial charge >= 0.3 is 5.97 Å². The Kier molecular flexibility index (Phi) is 7.48. The van der Waals surface area contributed by atoms with Gasteiger partial charge < -0.3 is 9.47 Å². The first-order valence-electron chi connectivity index (χ1n) is 8.68. The van der Waals surface area contributed by atoms with Gasteiger partial charge in [-0.05, 0) is 56.3 Å². The Morgan fingerprint density at radius 3 is 2.36 bits per heavy atom. The highest BCUT2D eigenvalue weighted by molar-refractivity contribution is 7.92. The highest BCUT2D eigenvalue weighted by atomic mass is 35.5. The number of hydrogen-bond donors (Lipinski definition) is 0. The quantitative estimate of drug-likeness (QED) is 0.444. The van der Waals surface area contributed by atoms with Crippen molar-refractivity contribution in [2.75, 3.05) is 24.1 Å². The van der Waals surface area contributed by atoms with Crippen LogP contribution in [-0.4, -0.2) is 34.1 Å². The van der Waals surface area contributed by atoms with Crippen molar-refractivity contribution in [1.29, 1.82) is 0 Å². The Balaban J connectivity index is 2.42. The first-order chi connectivity index (χ1) is 13.3. The van der Waals surface area contributed by atoms with E-state index in [9.17, 15) is 13.2 Å². The van der Waals surface area contributed by atoms with Gasteiger partial charge in [0.25, 0.3) is 10.0 Å². The fourth-order valence-electron chi connectivity index (χ4n) is 2.49. The van der Waals surface area contributed by atoms with Crippen LogP contribution >= 0.6 is 11.6 Å². The summed E-state index contributed by atoms with van der Waals surface area (Å²) in [5.41, 5.74) is 0.483. The maximum Gasteiger partial charge on any atom is 0.339 e. The van der Waals surface area contributed by atoms with E-state index in [1.54, 1.807) is 19.1 Å². The number of nitrogens with zero attached hydrogens (tertiary/aromatic N) is 1. The summed E-state index contributed by atoms with van der Waals surface area (Å²) in [7, 11) is -3.88. The number of benzene rings is 2. The van der Waals surface area contributed by atoms with Gasteiger partial charge in [0.1, 0.15) is 5.75 Å². The van der Waals surface area contributed by atoms with Crippen LogP contribution in [0.4, 0.5) is 5.69 Å². The SMILES string of the molecule is C=CCN(c1ccc(C(=O)OCC)c(Cl)c1)S(=O)(=O)c1ccc(OCC)cc1. The number of hydrogen-bond acceptors (Lipinski definition) is 5. The van der Waals surface area contributed by atoms with Crippen LogP contribution in [0.2, 0.25) is 5.02 Å². The zero-order valence-corrected chi connectivity index (χ0v) is 17.3. The summed E-state index contributed by atoms with van der Waals surface area (Å²) in [5.74, 6) is 0.0160. The zero-order chi connectivity index (χ0) is 20.7. The number of carbonyl (C=O) groups is 1. The molecule has 150 valence electrons. The highest BCUT2D eigenvalue weighted by Crippen LogP contribution is 2.29. The average Bonchev–Trinajstić information content (AvgIpc) is 2.66. The molecule has 0 aliphatic heterocycles. The molecule has 2 rings (SSSR count). The van der Waals surface area contributed by atoms with Crippen molar-refractivity contribution in [2.24, 2.45) is 0 Å². The van der Waals surface area contributed by atoms with Crippen LogP contribution in [0.15, 0.2) is 60.0 Å². The fraction of sp³-hybridized carbons (Fsp3) is 0.250. The average molecular weight is 424 g/mol.